The van der Waals surface area contributed by atoms with Gasteiger partial charge in [0.25, 0.3) is 5.91 Å². The molecule has 2 fully saturated rings. The van der Waals surface area contributed by atoms with Crippen molar-refractivity contribution in [3.8, 4) is 0 Å². The molecule has 7 heteroatoms. The van der Waals surface area contributed by atoms with Crippen molar-refractivity contribution in [3.63, 3.8) is 0 Å². The second-order valence-corrected chi connectivity index (χ2v) is 10.9. The summed E-state index contributed by atoms with van der Waals surface area (Å²) in [7, 11) is 0. The first-order valence-corrected chi connectivity index (χ1v) is 11.8. The van der Waals surface area contributed by atoms with Crippen LogP contribution in [0.15, 0.2) is 60.7 Å². The van der Waals surface area contributed by atoms with Crippen LogP contribution < -0.4 is 5.32 Å². The van der Waals surface area contributed by atoms with E-state index in [1.807, 2.05) is 76.2 Å². The average Bonchev–Trinajstić information content (AvgIpc) is 2.99. The van der Waals surface area contributed by atoms with Gasteiger partial charge in [-0.15, -0.1) is 0 Å². The summed E-state index contributed by atoms with van der Waals surface area (Å²) in [6.45, 7) is 8.53. The third-order valence-electron chi connectivity index (χ3n) is 7.26. The fourth-order valence-corrected chi connectivity index (χ4v) is 6.03. The number of likely N-dealkylation sites (tertiary alicyclic amines) is 1. The molecule has 4 rings (SSSR count). The molecule has 2 atom stereocenters. The zero-order valence-corrected chi connectivity index (χ0v) is 20.4. The number of carbonyl (C=O) groups is 2. The first-order chi connectivity index (χ1) is 16.0. The van der Waals surface area contributed by atoms with Crippen LogP contribution in [0.5, 0.6) is 0 Å². The lowest BCUT2D eigenvalue weighted by molar-refractivity contribution is -0.143. The molecule has 0 aliphatic carbocycles. The first-order valence-electron chi connectivity index (χ1n) is 11.8. The third-order valence-corrected chi connectivity index (χ3v) is 7.26. The van der Waals surface area contributed by atoms with Gasteiger partial charge < -0.3 is 15.5 Å². The summed E-state index contributed by atoms with van der Waals surface area (Å²) >= 11 is 0. The van der Waals surface area contributed by atoms with E-state index >= 15 is 0 Å². The zero-order chi connectivity index (χ0) is 24.7. The van der Waals surface area contributed by atoms with Gasteiger partial charge in [-0.05, 0) is 51.7 Å². The minimum Gasteiger partial charge on any atom is -0.387 e. The van der Waals surface area contributed by atoms with Gasteiger partial charge in [0, 0.05) is 17.6 Å². The van der Waals surface area contributed by atoms with Crippen LogP contribution in [0.25, 0.3) is 0 Å². The number of carbonyl (C=O) groups excluding carboxylic acids is 2. The van der Waals surface area contributed by atoms with Crippen LogP contribution >= 0.6 is 0 Å². The smallest absolute Gasteiger partial charge is 0.325 e. The lowest BCUT2D eigenvalue weighted by atomic mass is 9.68. The van der Waals surface area contributed by atoms with Crippen LogP contribution in [-0.4, -0.2) is 61.7 Å². The van der Waals surface area contributed by atoms with Gasteiger partial charge in [0.05, 0.1) is 18.8 Å². The summed E-state index contributed by atoms with van der Waals surface area (Å²) < 4.78 is 0. The predicted molar refractivity (Wildman–Crippen MR) is 130 cm³/mol. The number of nitrogens with zero attached hydrogens (tertiary/aromatic N) is 2. The van der Waals surface area contributed by atoms with Crippen molar-refractivity contribution in [2.75, 3.05) is 13.1 Å². The van der Waals surface area contributed by atoms with E-state index in [-0.39, 0.29) is 12.5 Å². The molecule has 2 aliphatic heterocycles. The fourth-order valence-electron chi connectivity index (χ4n) is 6.03. The normalized spacial score (nSPS) is 23.1. The molecule has 2 saturated heterocycles. The average molecular weight is 466 g/mol. The Morgan fingerprint density at radius 1 is 0.794 bits per heavy atom. The van der Waals surface area contributed by atoms with Gasteiger partial charge in [-0.2, -0.15) is 0 Å². The number of benzene rings is 2. The summed E-state index contributed by atoms with van der Waals surface area (Å²) in [6.07, 6.45) is -0.797. The predicted octanol–water partition coefficient (Wildman–Crippen LogP) is 3.40. The molecule has 1 spiro atoms. The molecule has 0 bridgehead atoms. The van der Waals surface area contributed by atoms with Crippen molar-refractivity contribution in [3.05, 3.63) is 71.8 Å². The Bertz CT molecular complexity index is 1020. The number of rotatable bonds is 6. The van der Waals surface area contributed by atoms with Gasteiger partial charge in [0.15, 0.2) is 0 Å². The van der Waals surface area contributed by atoms with E-state index in [0.717, 1.165) is 10.5 Å². The van der Waals surface area contributed by atoms with E-state index in [1.54, 1.807) is 12.1 Å². The Kier molecular flexibility index (Phi) is 6.31. The number of hydrogen-bond acceptors (Lipinski definition) is 5. The highest BCUT2D eigenvalue weighted by molar-refractivity contribution is 6.07. The first kappa shape index (κ1) is 24.4. The van der Waals surface area contributed by atoms with Gasteiger partial charge in [-0.3, -0.25) is 14.6 Å². The Morgan fingerprint density at radius 2 is 1.24 bits per heavy atom. The van der Waals surface area contributed by atoms with Crippen molar-refractivity contribution in [1.29, 1.82) is 0 Å². The number of hydrogen-bond donors (Lipinski definition) is 3. The molecule has 7 nitrogen and oxygen atoms in total. The van der Waals surface area contributed by atoms with Gasteiger partial charge in [-0.25, -0.2) is 4.79 Å². The molecule has 0 aromatic heterocycles. The van der Waals surface area contributed by atoms with Crippen LogP contribution in [0, 0.1) is 0 Å². The zero-order valence-electron chi connectivity index (χ0n) is 20.4. The van der Waals surface area contributed by atoms with Crippen LogP contribution in [0.3, 0.4) is 0 Å². The van der Waals surface area contributed by atoms with Crippen molar-refractivity contribution in [2.45, 2.75) is 69.4 Å². The van der Waals surface area contributed by atoms with E-state index in [0.29, 0.717) is 24.9 Å². The molecule has 2 aromatic rings. The fraction of sp³-hybridized carbons (Fsp3) is 0.481. The summed E-state index contributed by atoms with van der Waals surface area (Å²) in [4.78, 5) is 30.0. The van der Waals surface area contributed by atoms with Crippen molar-refractivity contribution in [1.82, 2.24) is 15.1 Å². The SMILES string of the molecule is CC1(C)CC2(CC(C)(C)N1CC(O)c1ccccc1)NC(=O)N(CC(O)c1ccccc1)C2=O. The van der Waals surface area contributed by atoms with E-state index in [2.05, 4.69) is 10.2 Å². The van der Waals surface area contributed by atoms with Crippen LogP contribution in [0.1, 0.15) is 63.9 Å². The minimum atomic E-state index is -1.05. The maximum Gasteiger partial charge on any atom is 0.325 e. The Hall–Kier alpha value is -2.74. The number of amides is 3. The van der Waals surface area contributed by atoms with Crippen LogP contribution in [0.4, 0.5) is 4.79 Å². The lowest BCUT2D eigenvalue weighted by Crippen LogP contribution is -2.70. The van der Waals surface area contributed by atoms with Crippen LogP contribution in [0.2, 0.25) is 0 Å². The number of urea groups is 1. The molecule has 3 N–H and O–H groups in total. The second-order valence-electron chi connectivity index (χ2n) is 10.9. The third kappa shape index (κ3) is 4.48. The standard InChI is InChI=1S/C27H35N3O4/c1-25(2)17-27(18-26(3,4)30(25)16-22(32)20-13-9-6-10-14-20)23(33)29(24(34)28-27)15-21(31)19-11-7-5-8-12-19/h5-14,21-22,31-32H,15-18H2,1-4H3,(H,28,34). The number of imide groups is 1. The molecule has 2 unspecified atom stereocenters. The summed E-state index contributed by atoms with van der Waals surface area (Å²) in [5.41, 5.74) is -0.493. The van der Waals surface area contributed by atoms with E-state index in [9.17, 15) is 19.8 Å². The number of aliphatic hydroxyl groups is 2. The summed E-state index contributed by atoms with van der Waals surface area (Å²) in [6, 6.07) is 18.1. The summed E-state index contributed by atoms with van der Waals surface area (Å²) in [5.74, 6) is -0.295. The van der Waals surface area contributed by atoms with E-state index in [4.69, 9.17) is 0 Å². The van der Waals surface area contributed by atoms with Gasteiger partial charge >= 0.3 is 6.03 Å². The highest BCUT2D eigenvalue weighted by atomic mass is 16.3. The highest BCUT2D eigenvalue weighted by Gasteiger charge is 2.61. The lowest BCUT2D eigenvalue weighted by Gasteiger charge is -2.58. The molecule has 0 saturated carbocycles. The molecular formula is C27H35N3O4. The monoisotopic (exact) mass is 465 g/mol. The number of piperidine rings is 1. The maximum absolute atomic E-state index is 13.6. The molecular weight excluding hydrogens is 430 g/mol. The van der Waals surface area contributed by atoms with Crippen molar-refractivity contribution in [2.24, 2.45) is 0 Å². The highest BCUT2D eigenvalue weighted by Crippen LogP contribution is 2.46. The Balaban J connectivity index is 1.54. The molecule has 2 aromatic carbocycles. The molecule has 0 radical (unpaired) electrons. The van der Waals surface area contributed by atoms with Crippen molar-refractivity contribution >= 4 is 11.9 Å². The minimum absolute atomic E-state index is 0.0896. The molecule has 182 valence electrons. The van der Waals surface area contributed by atoms with Crippen LogP contribution in [-0.2, 0) is 4.79 Å². The molecule has 34 heavy (non-hydrogen) atoms. The number of β-amino-alcohol motifs (C(OH)–C–C–N with tert-alkyl or cyclic N) is 2. The van der Waals surface area contributed by atoms with Gasteiger partial charge in [0.2, 0.25) is 0 Å². The molecule has 3 amide bonds. The molecule has 2 heterocycles. The topological polar surface area (TPSA) is 93.1 Å². The molecule has 2 aliphatic rings. The Morgan fingerprint density at radius 3 is 1.71 bits per heavy atom. The number of aliphatic hydroxyl groups excluding tert-OH is 2. The van der Waals surface area contributed by atoms with Gasteiger partial charge in [-0.1, -0.05) is 60.7 Å². The van der Waals surface area contributed by atoms with E-state index in [1.165, 1.54) is 0 Å². The maximum atomic E-state index is 13.6. The largest absolute Gasteiger partial charge is 0.387 e. The summed E-state index contributed by atoms with van der Waals surface area (Å²) in [5, 5.41) is 24.6. The quantitative estimate of drug-likeness (QED) is 0.569. The second kappa shape index (κ2) is 8.80. The van der Waals surface area contributed by atoms with E-state index < -0.39 is 34.9 Å². The van der Waals surface area contributed by atoms with Crippen molar-refractivity contribution < 1.29 is 19.8 Å². The van der Waals surface area contributed by atoms with Gasteiger partial charge in [0.1, 0.15) is 5.54 Å². The Labute approximate surface area is 201 Å². The number of nitrogens with one attached hydrogen (secondary N) is 1.